The minimum Gasteiger partial charge on any atom is -0.450 e. The van der Waals surface area contributed by atoms with Crippen molar-refractivity contribution in [2.45, 2.75) is 26.8 Å². The first-order valence-corrected chi connectivity index (χ1v) is 10.8. The Labute approximate surface area is 185 Å². The van der Waals surface area contributed by atoms with Crippen molar-refractivity contribution in [3.63, 3.8) is 0 Å². The molecule has 31 heavy (non-hydrogen) atoms. The Balaban J connectivity index is 1.89. The van der Waals surface area contributed by atoms with Crippen LogP contribution in [0.25, 0.3) is 11.0 Å². The summed E-state index contributed by atoms with van der Waals surface area (Å²) >= 11 is 6.25. The molecule has 0 saturated heterocycles. The zero-order valence-corrected chi connectivity index (χ0v) is 18.5. The number of carbonyl (C=O) groups is 1. The lowest BCUT2D eigenvalue weighted by Crippen LogP contribution is -2.37. The molecule has 4 rings (SSSR count). The van der Waals surface area contributed by atoms with Crippen molar-refractivity contribution in [2.24, 2.45) is 0 Å². The van der Waals surface area contributed by atoms with Crippen LogP contribution in [-0.2, 0) is 0 Å². The van der Waals surface area contributed by atoms with Gasteiger partial charge in [-0.15, -0.1) is 0 Å². The first-order chi connectivity index (χ1) is 14.8. The van der Waals surface area contributed by atoms with Gasteiger partial charge in [-0.25, -0.2) is 4.39 Å². The predicted octanol–water partition coefficient (Wildman–Crippen LogP) is 4.78. The van der Waals surface area contributed by atoms with Crippen molar-refractivity contribution in [3.05, 3.63) is 79.9 Å². The summed E-state index contributed by atoms with van der Waals surface area (Å²) in [5.74, 6) is -0.660. The smallest absolute Gasteiger partial charge is 0.290 e. The number of benzene rings is 2. The molecule has 0 bridgehead atoms. The number of hydrogen-bond donors (Lipinski definition) is 0. The summed E-state index contributed by atoms with van der Waals surface area (Å²) in [6.07, 6.45) is 0. The number of amides is 1. The third kappa shape index (κ3) is 3.75. The van der Waals surface area contributed by atoms with E-state index in [0.29, 0.717) is 34.6 Å². The first kappa shape index (κ1) is 21.5. The molecule has 1 aromatic heterocycles. The van der Waals surface area contributed by atoms with Crippen LogP contribution in [-0.4, -0.2) is 41.9 Å². The Morgan fingerprint density at radius 3 is 2.45 bits per heavy atom. The molecule has 7 heteroatoms. The lowest BCUT2D eigenvalue weighted by atomic mass is 9.98. The normalized spacial score (nSPS) is 15.9. The number of halogens is 2. The van der Waals surface area contributed by atoms with Crippen molar-refractivity contribution < 1.29 is 13.6 Å². The van der Waals surface area contributed by atoms with Crippen molar-refractivity contribution in [1.82, 2.24) is 9.80 Å². The molecular weight excluding hydrogens is 419 g/mol. The van der Waals surface area contributed by atoms with Crippen LogP contribution >= 0.6 is 11.6 Å². The third-order valence-electron chi connectivity index (χ3n) is 5.98. The van der Waals surface area contributed by atoms with Gasteiger partial charge in [-0.1, -0.05) is 37.6 Å². The zero-order chi connectivity index (χ0) is 22.3. The Morgan fingerprint density at radius 1 is 1.13 bits per heavy atom. The van der Waals surface area contributed by atoms with Gasteiger partial charge in [-0.05, 0) is 55.4 Å². The molecule has 2 aromatic carbocycles. The molecule has 1 aliphatic heterocycles. The highest BCUT2D eigenvalue weighted by Gasteiger charge is 2.42. The number of nitrogens with zero attached hydrogens (tertiary/aromatic N) is 2. The summed E-state index contributed by atoms with van der Waals surface area (Å²) < 4.78 is 19.5. The number of aryl methyl sites for hydroxylation is 1. The molecule has 2 heterocycles. The number of hydrogen-bond acceptors (Lipinski definition) is 4. The molecular formula is C24H24ClFN2O3. The highest BCUT2D eigenvalue weighted by atomic mass is 35.5. The maximum Gasteiger partial charge on any atom is 0.290 e. The number of carbonyl (C=O) groups excluding carboxylic acids is 1. The third-order valence-corrected chi connectivity index (χ3v) is 6.39. The monoisotopic (exact) mass is 442 g/mol. The Morgan fingerprint density at radius 2 is 1.81 bits per heavy atom. The fourth-order valence-corrected chi connectivity index (χ4v) is 4.32. The van der Waals surface area contributed by atoms with Gasteiger partial charge in [0, 0.05) is 18.1 Å². The summed E-state index contributed by atoms with van der Waals surface area (Å²) in [6.45, 7) is 8.72. The number of fused-ring (bicyclic) bond motifs is 2. The van der Waals surface area contributed by atoms with Crippen LogP contribution in [0.5, 0.6) is 0 Å². The molecule has 162 valence electrons. The van der Waals surface area contributed by atoms with Crippen molar-refractivity contribution in [3.8, 4) is 0 Å². The molecule has 0 spiro atoms. The second-order valence-electron chi connectivity index (χ2n) is 7.75. The van der Waals surface area contributed by atoms with Gasteiger partial charge in [-0.2, -0.15) is 0 Å². The molecule has 0 saturated carbocycles. The van der Waals surface area contributed by atoms with E-state index >= 15 is 0 Å². The highest BCUT2D eigenvalue weighted by molar-refractivity contribution is 6.32. The van der Waals surface area contributed by atoms with E-state index in [0.717, 1.165) is 18.7 Å². The van der Waals surface area contributed by atoms with Crippen molar-refractivity contribution in [2.75, 3.05) is 26.2 Å². The molecule has 0 radical (unpaired) electrons. The van der Waals surface area contributed by atoms with Crippen LogP contribution in [0, 0.1) is 12.7 Å². The van der Waals surface area contributed by atoms with E-state index < -0.39 is 6.04 Å². The van der Waals surface area contributed by atoms with Crippen LogP contribution in [0.3, 0.4) is 0 Å². The van der Waals surface area contributed by atoms with Gasteiger partial charge in [0.15, 0.2) is 5.43 Å². The number of likely N-dealkylation sites (N-methyl/N-ethyl adjacent to an activating group) is 1. The highest BCUT2D eigenvalue weighted by Crippen LogP contribution is 2.38. The summed E-state index contributed by atoms with van der Waals surface area (Å²) in [6, 6.07) is 8.52. The summed E-state index contributed by atoms with van der Waals surface area (Å²) in [5, 5.41) is 0.792. The molecule has 0 unspecified atom stereocenters. The Kier molecular flexibility index (Phi) is 5.86. The maximum atomic E-state index is 13.6. The van der Waals surface area contributed by atoms with E-state index in [4.69, 9.17) is 16.0 Å². The molecule has 1 amide bonds. The quantitative estimate of drug-likeness (QED) is 0.551. The van der Waals surface area contributed by atoms with E-state index in [1.165, 1.54) is 12.1 Å². The van der Waals surface area contributed by atoms with Crippen LogP contribution in [0.2, 0.25) is 5.02 Å². The van der Waals surface area contributed by atoms with E-state index in [-0.39, 0.29) is 28.5 Å². The maximum absolute atomic E-state index is 13.6. The van der Waals surface area contributed by atoms with E-state index in [1.54, 1.807) is 29.2 Å². The predicted molar refractivity (Wildman–Crippen MR) is 119 cm³/mol. The van der Waals surface area contributed by atoms with Crippen molar-refractivity contribution >= 4 is 28.5 Å². The van der Waals surface area contributed by atoms with Crippen LogP contribution in [0.4, 0.5) is 4.39 Å². The summed E-state index contributed by atoms with van der Waals surface area (Å²) in [5.41, 5.74) is 1.76. The van der Waals surface area contributed by atoms with E-state index in [9.17, 15) is 14.0 Å². The minimum absolute atomic E-state index is 0.0492. The van der Waals surface area contributed by atoms with E-state index in [2.05, 4.69) is 18.7 Å². The SMILES string of the molecule is CCN(CC)CCN1C(=O)c2oc3cc(C)c(Cl)cc3c(=O)c2[C@@H]1c1ccc(F)cc1. The second kappa shape index (κ2) is 8.44. The molecule has 5 nitrogen and oxygen atoms in total. The topological polar surface area (TPSA) is 53.8 Å². The van der Waals surface area contributed by atoms with E-state index in [1.807, 2.05) is 6.92 Å². The summed E-state index contributed by atoms with van der Waals surface area (Å²) in [7, 11) is 0. The molecule has 3 aromatic rings. The first-order valence-electron chi connectivity index (χ1n) is 10.4. The van der Waals surface area contributed by atoms with Gasteiger partial charge in [-0.3, -0.25) is 9.59 Å². The largest absolute Gasteiger partial charge is 0.450 e. The van der Waals surface area contributed by atoms with Gasteiger partial charge in [0.05, 0.1) is 17.0 Å². The van der Waals surface area contributed by atoms with Gasteiger partial charge in [0.25, 0.3) is 5.91 Å². The lowest BCUT2D eigenvalue weighted by molar-refractivity contribution is 0.0708. The zero-order valence-electron chi connectivity index (χ0n) is 17.7. The average molecular weight is 443 g/mol. The van der Waals surface area contributed by atoms with Gasteiger partial charge < -0.3 is 14.2 Å². The molecule has 0 N–H and O–H groups in total. The van der Waals surface area contributed by atoms with Crippen LogP contribution < -0.4 is 5.43 Å². The van der Waals surface area contributed by atoms with Gasteiger partial charge in [0.2, 0.25) is 5.76 Å². The fourth-order valence-electron chi connectivity index (χ4n) is 4.15. The van der Waals surface area contributed by atoms with Crippen LogP contribution in [0.1, 0.15) is 47.1 Å². The van der Waals surface area contributed by atoms with Gasteiger partial charge in [0.1, 0.15) is 11.4 Å². The number of rotatable bonds is 6. The van der Waals surface area contributed by atoms with Crippen molar-refractivity contribution in [1.29, 1.82) is 0 Å². The summed E-state index contributed by atoms with van der Waals surface area (Å²) in [4.78, 5) is 30.7. The molecule has 0 aliphatic carbocycles. The standard InChI is InChI=1S/C24H24ClFN2O3/c1-4-27(5-2)10-11-28-21(15-6-8-16(26)9-7-15)20-22(29)17-13-18(25)14(3)12-19(17)31-23(20)24(28)30/h6-9,12-13,21H,4-5,10-11H2,1-3H3/t21-/m0/s1. The molecule has 0 fully saturated rings. The second-order valence-corrected chi connectivity index (χ2v) is 8.16. The Hall–Kier alpha value is -2.70. The van der Waals surface area contributed by atoms with Gasteiger partial charge >= 0.3 is 0 Å². The van der Waals surface area contributed by atoms with Crippen LogP contribution in [0.15, 0.2) is 45.6 Å². The fraction of sp³-hybridized carbons (Fsp3) is 0.333. The lowest BCUT2D eigenvalue weighted by Gasteiger charge is -2.28. The minimum atomic E-state index is -0.639. The molecule has 1 aliphatic rings. The molecule has 1 atom stereocenters. The Bertz CT molecular complexity index is 1200. The average Bonchev–Trinajstić information content (AvgIpc) is 3.03.